The number of carbonyl (C=O) groups is 2. The van der Waals surface area contributed by atoms with Gasteiger partial charge < -0.3 is 0 Å². The van der Waals surface area contributed by atoms with E-state index in [9.17, 15) is 9.59 Å². The van der Waals surface area contributed by atoms with Crippen molar-refractivity contribution >= 4 is 17.8 Å². The maximum absolute atomic E-state index is 11.7. The number of aryl methyl sites for hydroxylation is 1. The van der Waals surface area contributed by atoms with Crippen LogP contribution < -0.4 is 10.6 Å². The molecular formula is C12H12N4O2. The number of carbonyl (C=O) groups excluding carboxylic acids is 2. The fraction of sp³-hybridized carbons (Fsp3) is 0.0833. The number of imide groups is 1. The topological polar surface area (TPSA) is 86.9 Å². The van der Waals surface area contributed by atoms with Gasteiger partial charge in [0.15, 0.2) is 5.82 Å². The van der Waals surface area contributed by atoms with Gasteiger partial charge in [-0.3, -0.25) is 20.5 Å². The highest BCUT2D eigenvalue weighted by Crippen LogP contribution is 2.03. The molecule has 6 heteroatoms. The van der Waals surface area contributed by atoms with Crippen LogP contribution >= 0.6 is 0 Å². The van der Waals surface area contributed by atoms with Gasteiger partial charge in [-0.25, -0.2) is 4.79 Å². The molecule has 0 spiro atoms. The maximum Gasteiger partial charge on any atom is 0.327 e. The van der Waals surface area contributed by atoms with E-state index in [0.717, 1.165) is 5.69 Å². The number of rotatable bonds is 2. The molecule has 6 nitrogen and oxygen atoms in total. The monoisotopic (exact) mass is 244 g/mol. The number of H-pyrrole nitrogens is 1. The Hall–Kier alpha value is -2.63. The summed E-state index contributed by atoms with van der Waals surface area (Å²) in [6, 6.07) is 9.54. The molecule has 0 bridgehead atoms. The molecule has 0 aliphatic carbocycles. The van der Waals surface area contributed by atoms with Crippen molar-refractivity contribution in [3.8, 4) is 0 Å². The molecule has 0 saturated heterocycles. The Bertz CT molecular complexity index is 562. The molecule has 0 saturated carbocycles. The molecule has 0 aliphatic heterocycles. The number of benzene rings is 1. The summed E-state index contributed by atoms with van der Waals surface area (Å²) in [4.78, 5) is 23.2. The summed E-state index contributed by atoms with van der Waals surface area (Å²) in [5.74, 6) is -0.0915. The van der Waals surface area contributed by atoms with Gasteiger partial charge in [-0.1, -0.05) is 18.2 Å². The minimum absolute atomic E-state index is 0.367. The zero-order chi connectivity index (χ0) is 13.0. The predicted molar refractivity (Wildman–Crippen MR) is 66.3 cm³/mol. The van der Waals surface area contributed by atoms with Crippen LogP contribution in [0.3, 0.4) is 0 Å². The molecule has 0 aliphatic rings. The predicted octanol–water partition coefficient (Wildman–Crippen LogP) is 1.68. The normalized spacial score (nSPS) is 9.83. The molecule has 1 heterocycles. The lowest BCUT2D eigenvalue weighted by molar-refractivity contribution is 0.0967. The molecule has 0 atom stereocenters. The van der Waals surface area contributed by atoms with E-state index in [0.29, 0.717) is 11.4 Å². The summed E-state index contributed by atoms with van der Waals surface area (Å²) in [6.45, 7) is 1.81. The highest BCUT2D eigenvalue weighted by atomic mass is 16.2. The zero-order valence-corrected chi connectivity index (χ0v) is 9.73. The lowest BCUT2D eigenvalue weighted by atomic mass is 10.2. The quantitative estimate of drug-likeness (QED) is 0.751. The Morgan fingerprint density at radius 3 is 2.56 bits per heavy atom. The Morgan fingerprint density at radius 2 is 1.94 bits per heavy atom. The van der Waals surface area contributed by atoms with E-state index >= 15 is 0 Å². The number of urea groups is 1. The number of amides is 3. The summed E-state index contributed by atoms with van der Waals surface area (Å²) in [5, 5.41) is 11.2. The molecule has 1 aromatic carbocycles. The molecule has 2 rings (SSSR count). The molecule has 2 aromatic rings. The van der Waals surface area contributed by atoms with Gasteiger partial charge in [0.25, 0.3) is 5.91 Å². The van der Waals surface area contributed by atoms with Crippen molar-refractivity contribution in [3.63, 3.8) is 0 Å². The van der Waals surface area contributed by atoms with Gasteiger partial charge in [0, 0.05) is 17.3 Å². The first-order valence-corrected chi connectivity index (χ1v) is 5.34. The second-order valence-corrected chi connectivity index (χ2v) is 3.71. The summed E-state index contributed by atoms with van der Waals surface area (Å²) in [7, 11) is 0. The van der Waals surface area contributed by atoms with Gasteiger partial charge >= 0.3 is 6.03 Å². The lowest BCUT2D eigenvalue weighted by Crippen LogP contribution is -2.34. The molecule has 3 amide bonds. The molecule has 3 N–H and O–H groups in total. The molecule has 18 heavy (non-hydrogen) atoms. The van der Waals surface area contributed by atoms with Gasteiger partial charge in [0.1, 0.15) is 0 Å². The average Bonchev–Trinajstić information content (AvgIpc) is 2.75. The first-order chi connectivity index (χ1) is 8.65. The molecule has 0 fully saturated rings. The van der Waals surface area contributed by atoms with Crippen molar-refractivity contribution in [2.45, 2.75) is 6.92 Å². The Labute approximate surface area is 103 Å². The second-order valence-electron chi connectivity index (χ2n) is 3.71. The molecule has 0 unspecified atom stereocenters. The van der Waals surface area contributed by atoms with Crippen molar-refractivity contribution < 1.29 is 9.59 Å². The minimum atomic E-state index is -0.615. The number of aromatic nitrogens is 2. The SMILES string of the molecule is Cc1cc(NC(=O)NC(=O)c2ccccc2)n[nH]1. The van der Waals surface area contributed by atoms with Crippen LogP contribution in [0.2, 0.25) is 0 Å². The highest BCUT2D eigenvalue weighted by Gasteiger charge is 2.10. The van der Waals surface area contributed by atoms with E-state index in [1.54, 1.807) is 36.4 Å². The second kappa shape index (κ2) is 5.13. The number of hydrogen-bond donors (Lipinski definition) is 3. The van der Waals surface area contributed by atoms with E-state index in [4.69, 9.17) is 0 Å². The van der Waals surface area contributed by atoms with Crippen LogP contribution in [0.5, 0.6) is 0 Å². The molecule has 0 radical (unpaired) electrons. The molecule has 1 aromatic heterocycles. The van der Waals surface area contributed by atoms with Crippen LogP contribution in [-0.4, -0.2) is 22.1 Å². The lowest BCUT2D eigenvalue weighted by Gasteiger charge is -2.03. The van der Waals surface area contributed by atoms with E-state index in [1.807, 2.05) is 6.92 Å². The van der Waals surface area contributed by atoms with Crippen LogP contribution in [-0.2, 0) is 0 Å². The van der Waals surface area contributed by atoms with Gasteiger partial charge in [0.2, 0.25) is 0 Å². The smallest absolute Gasteiger partial charge is 0.291 e. The van der Waals surface area contributed by atoms with Crippen molar-refractivity contribution in [2.24, 2.45) is 0 Å². The number of anilines is 1. The first kappa shape index (κ1) is 11.8. The highest BCUT2D eigenvalue weighted by molar-refractivity contribution is 6.07. The Kier molecular flexibility index (Phi) is 3.38. The standard InChI is InChI=1S/C12H12N4O2/c1-8-7-10(16-15-8)13-12(18)14-11(17)9-5-3-2-4-6-9/h2-7H,1H3,(H3,13,14,15,16,17,18). The van der Waals surface area contributed by atoms with Crippen LogP contribution in [0, 0.1) is 6.92 Å². The van der Waals surface area contributed by atoms with Crippen molar-refractivity contribution in [1.29, 1.82) is 0 Å². The fourth-order valence-corrected chi connectivity index (χ4v) is 1.39. The molecular weight excluding hydrogens is 232 g/mol. The van der Waals surface area contributed by atoms with Crippen LogP contribution in [0.1, 0.15) is 16.1 Å². The first-order valence-electron chi connectivity index (χ1n) is 5.34. The van der Waals surface area contributed by atoms with Crippen molar-refractivity contribution in [3.05, 3.63) is 47.7 Å². The number of nitrogens with one attached hydrogen (secondary N) is 3. The van der Waals surface area contributed by atoms with Gasteiger partial charge in [0.05, 0.1) is 0 Å². The van der Waals surface area contributed by atoms with Crippen molar-refractivity contribution in [1.82, 2.24) is 15.5 Å². The summed E-state index contributed by atoms with van der Waals surface area (Å²) < 4.78 is 0. The Balaban J connectivity index is 1.94. The molecule has 92 valence electrons. The average molecular weight is 244 g/mol. The summed E-state index contributed by atoms with van der Waals surface area (Å²) >= 11 is 0. The van der Waals surface area contributed by atoms with Gasteiger partial charge in [-0.15, -0.1) is 0 Å². The van der Waals surface area contributed by atoms with E-state index in [-0.39, 0.29) is 0 Å². The third kappa shape index (κ3) is 2.94. The van der Waals surface area contributed by atoms with Gasteiger partial charge in [-0.05, 0) is 19.1 Å². The third-order valence-corrected chi connectivity index (χ3v) is 2.21. The summed E-state index contributed by atoms with van der Waals surface area (Å²) in [5.41, 5.74) is 1.24. The largest absolute Gasteiger partial charge is 0.327 e. The van der Waals surface area contributed by atoms with E-state index in [2.05, 4.69) is 20.8 Å². The third-order valence-electron chi connectivity index (χ3n) is 2.21. The summed E-state index contributed by atoms with van der Waals surface area (Å²) in [6.07, 6.45) is 0. The van der Waals surface area contributed by atoms with Crippen LogP contribution in [0.25, 0.3) is 0 Å². The van der Waals surface area contributed by atoms with Crippen LogP contribution in [0.4, 0.5) is 10.6 Å². The fourth-order valence-electron chi connectivity index (χ4n) is 1.39. The maximum atomic E-state index is 11.7. The minimum Gasteiger partial charge on any atom is -0.291 e. The van der Waals surface area contributed by atoms with Crippen molar-refractivity contribution in [2.75, 3.05) is 5.32 Å². The van der Waals surface area contributed by atoms with E-state index in [1.165, 1.54) is 0 Å². The number of nitrogens with zero attached hydrogens (tertiary/aromatic N) is 1. The van der Waals surface area contributed by atoms with E-state index < -0.39 is 11.9 Å². The number of hydrogen-bond acceptors (Lipinski definition) is 3. The zero-order valence-electron chi connectivity index (χ0n) is 9.73. The van der Waals surface area contributed by atoms with Gasteiger partial charge in [-0.2, -0.15) is 5.10 Å². The number of aromatic amines is 1. The Morgan fingerprint density at radius 1 is 1.22 bits per heavy atom. The van der Waals surface area contributed by atoms with Crippen LogP contribution in [0.15, 0.2) is 36.4 Å².